The van der Waals surface area contributed by atoms with E-state index in [1.807, 2.05) is 53.7 Å². The molecule has 2 atom stereocenters. The van der Waals surface area contributed by atoms with Crippen molar-refractivity contribution in [1.29, 1.82) is 0 Å². The largest absolute Gasteiger partial charge is 0.369 e. The van der Waals surface area contributed by atoms with Gasteiger partial charge in [0.05, 0.1) is 6.10 Å². The molecule has 0 radical (unpaired) electrons. The minimum absolute atomic E-state index is 0.0336. The van der Waals surface area contributed by atoms with Crippen LogP contribution in [-0.2, 0) is 9.53 Å². The number of nitrogens with zero attached hydrogens (tertiary/aromatic N) is 6. The summed E-state index contributed by atoms with van der Waals surface area (Å²) < 4.78 is 11.2. The van der Waals surface area contributed by atoms with E-state index in [2.05, 4.69) is 24.9 Å². The van der Waals surface area contributed by atoms with Gasteiger partial charge in [-0.25, -0.2) is 0 Å². The van der Waals surface area contributed by atoms with E-state index in [4.69, 9.17) is 9.26 Å². The summed E-state index contributed by atoms with van der Waals surface area (Å²) in [6.07, 6.45) is 3.90. The average Bonchev–Trinajstić information content (AvgIpc) is 3.46. The third kappa shape index (κ3) is 4.35. The Morgan fingerprint density at radius 3 is 2.62 bits per heavy atom. The molecule has 2 saturated heterocycles. The standard InChI is InChI=1S/C23H26N6O3/c1-17-25-23(26-32-17)18-3-2-4-20(13-18)29-15-21(31-22(29)16-30)14-27-9-11-28(12-10-27)19-5-7-24-8-6-19/h2-8,13,16,21-22H,9-12,14-15H2,1H3. The van der Waals surface area contributed by atoms with Gasteiger partial charge < -0.3 is 19.1 Å². The summed E-state index contributed by atoms with van der Waals surface area (Å²) in [4.78, 5) is 26.9. The molecule has 2 aliphatic heterocycles. The summed E-state index contributed by atoms with van der Waals surface area (Å²) in [7, 11) is 0. The number of benzene rings is 1. The highest BCUT2D eigenvalue weighted by molar-refractivity contribution is 5.69. The number of ether oxygens (including phenoxy) is 1. The smallest absolute Gasteiger partial charge is 0.223 e. The van der Waals surface area contributed by atoms with Crippen molar-refractivity contribution in [1.82, 2.24) is 20.0 Å². The van der Waals surface area contributed by atoms with Gasteiger partial charge in [0.15, 0.2) is 12.5 Å². The van der Waals surface area contributed by atoms with Gasteiger partial charge in [0, 0.05) is 75.5 Å². The Hall–Kier alpha value is -3.30. The van der Waals surface area contributed by atoms with Crippen molar-refractivity contribution in [2.45, 2.75) is 19.3 Å². The van der Waals surface area contributed by atoms with Crippen molar-refractivity contribution < 1.29 is 14.1 Å². The van der Waals surface area contributed by atoms with Crippen molar-refractivity contribution in [3.63, 3.8) is 0 Å². The topological polar surface area (TPSA) is 87.8 Å². The van der Waals surface area contributed by atoms with Crippen LogP contribution < -0.4 is 9.80 Å². The lowest BCUT2D eigenvalue weighted by molar-refractivity contribution is -0.117. The van der Waals surface area contributed by atoms with Gasteiger partial charge in [-0.1, -0.05) is 17.3 Å². The van der Waals surface area contributed by atoms with Crippen LogP contribution >= 0.6 is 0 Å². The molecule has 0 bridgehead atoms. The zero-order valence-electron chi connectivity index (χ0n) is 18.0. The number of rotatable bonds is 6. The molecule has 0 N–H and O–H groups in total. The first-order chi connectivity index (χ1) is 15.7. The van der Waals surface area contributed by atoms with Crippen molar-refractivity contribution in [3.8, 4) is 11.4 Å². The van der Waals surface area contributed by atoms with E-state index in [9.17, 15) is 4.79 Å². The number of aryl methyl sites for hydroxylation is 1. The summed E-state index contributed by atoms with van der Waals surface area (Å²) in [6.45, 7) is 7.06. The van der Waals surface area contributed by atoms with E-state index >= 15 is 0 Å². The minimum atomic E-state index is -0.597. The zero-order valence-corrected chi connectivity index (χ0v) is 18.0. The normalized spacial score (nSPS) is 21.8. The first kappa shape index (κ1) is 20.6. The highest BCUT2D eigenvalue weighted by atomic mass is 16.5. The van der Waals surface area contributed by atoms with Crippen LogP contribution in [0.1, 0.15) is 5.89 Å². The number of piperazine rings is 1. The molecule has 32 heavy (non-hydrogen) atoms. The van der Waals surface area contributed by atoms with Crippen molar-refractivity contribution >= 4 is 17.7 Å². The van der Waals surface area contributed by atoms with Crippen LogP contribution in [0, 0.1) is 6.92 Å². The first-order valence-corrected chi connectivity index (χ1v) is 10.8. The molecule has 2 unspecified atom stereocenters. The van der Waals surface area contributed by atoms with E-state index in [1.165, 1.54) is 5.69 Å². The maximum absolute atomic E-state index is 11.8. The Morgan fingerprint density at radius 2 is 1.91 bits per heavy atom. The zero-order chi connectivity index (χ0) is 21.9. The third-order valence-corrected chi connectivity index (χ3v) is 5.98. The number of anilines is 2. The lowest BCUT2D eigenvalue weighted by atomic mass is 10.1. The van der Waals surface area contributed by atoms with Gasteiger partial charge in [0.1, 0.15) is 0 Å². The molecule has 0 spiro atoms. The number of carbonyl (C=O) groups is 1. The fraction of sp³-hybridized carbons (Fsp3) is 0.391. The Labute approximate surface area is 186 Å². The fourth-order valence-electron chi connectivity index (χ4n) is 4.37. The first-order valence-electron chi connectivity index (χ1n) is 10.8. The number of aromatic nitrogens is 3. The van der Waals surface area contributed by atoms with Crippen LogP contribution in [0.3, 0.4) is 0 Å². The van der Waals surface area contributed by atoms with E-state index in [1.54, 1.807) is 6.92 Å². The number of hydrogen-bond donors (Lipinski definition) is 0. The average molecular weight is 435 g/mol. The predicted octanol–water partition coefficient (Wildman–Crippen LogP) is 1.99. The highest BCUT2D eigenvalue weighted by Crippen LogP contribution is 2.28. The molecule has 5 rings (SSSR count). The number of hydrogen-bond acceptors (Lipinski definition) is 9. The second-order valence-electron chi connectivity index (χ2n) is 8.12. The number of aldehydes is 1. The van der Waals surface area contributed by atoms with Crippen LogP contribution in [0.15, 0.2) is 53.3 Å². The van der Waals surface area contributed by atoms with E-state index in [0.29, 0.717) is 18.3 Å². The lowest BCUT2D eigenvalue weighted by Crippen LogP contribution is -2.49. The van der Waals surface area contributed by atoms with Gasteiger partial charge in [-0.2, -0.15) is 4.98 Å². The Morgan fingerprint density at radius 1 is 1.09 bits per heavy atom. The van der Waals surface area contributed by atoms with Crippen molar-refractivity contribution in [2.24, 2.45) is 0 Å². The molecule has 3 aromatic rings. The number of carbonyl (C=O) groups excluding carboxylic acids is 1. The lowest BCUT2D eigenvalue weighted by Gasteiger charge is -2.36. The predicted molar refractivity (Wildman–Crippen MR) is 119 cm³/mol. The van der Waals surface area contributed by atoms with E-state index in [-0.39, 0.29) is 6.10 Å². The Bertz CT molecular complexity index is 1050. The Kier molecular flexibility index (Phi) is 5.83. The van der Waals surface area contributed by atoms with Crippen molar-refractivity contribution in [2.75, 3.05) is 49.1 Å². The van der Waals surface area contributed by atoms with Gasteiger partial charge in [0.25, 0.3) is 0 Å². The highest BCUT2D eigenvalue weighted by Gasteiger charge is 2.34. The molecule has 0 saturated carbocycles. The van der Waals surface area contributed by atoms with Crippen molar-refractivity contribution in [3.05, 3.63) is 54.7 Å². The summed E-state index contributed by atoms with van der Waals surface area (Å²) in [5.41, 5.74) is 2.97. The minimum Gasteiger partial charge on any atom is -0.369 e. The molecular formula is C23H26N6O3. The van der Waals surface area contributed by atoms with Crippen LogP contribution in [0.25, 0.3) is 11.4 Å². The van der Waals surface area contributed by atoms with Crippen LogP contribution in [0.2, 0.25) is 0 Å². The molecule has 0 aliphatic carbocycles. The molecule has 166 valence electrons. The fourth-order valence-corrected chi connectivity index (χ4v) is 4.37. The van der Waals surface area contributed by atoms with E-state index in [0.717, 1.165) is 50.3 Å². The van der Waals surface area contributed by atoms with Gasteiger partial charge in [0.2, 0.25) is 11.7 Å². The van der Waals surface area contributed by atoms with Crippen LogP contribution in [-0.4, -0.2) is 77.9 Å². The second-order valence-corrected chi connectivity index (χ2v) is 8.12. The summed E-state index contributed by atoms with van der Waals surface area (Å²) >= 11 is 0. The second kappa shape index (κ2) is 9.05. The maximum Gasteiger partial charge on any atom is 0.223 e. The molecule has 2 aliphatic rings. The monoisotopic (exact) mass is 434 g/mol. The van der Waals surface area contributed by atoms with Crippen LogP contribution in [0.5, 0.6) is 0 Å². The quantitative estimate of drug-likeness (QED) is 0.541. The van der Waals surface area contributed by atoms with Gasteiger partial charge in [-0.3, -0.25) is 14.7 Å². The number of pyridine rings is 1. The van der Waals surface area contributed by atoms with E-state index < -0.39 is 6.23 Å². The molecule has 2 aromatic heterocycles. The van der Waals surface area contributed by atoms with Gasteiger partial charge in [-0.15, -0.1) is 0 Å². The molecule has 0 amide bonds. The summed E-state index contributed by atoms with van der Waals surface area (Å²) in [5, 5.41) is 3.99. The van der Waals surface area contributed by atoms with Crippen LogP contribution in [0.4, 0.5) is 11.4 Å². The molecular weight excluding hydrogens is 408 g/mol. The molecule has 9 heteroatoms. The summed E-state index contributed by atoms with van der Waals surface area (Å²) in [6, 6.07) is 11.9. The Balaban J connectivity index is 1.22. The molecule has 4 heterocycles. The molecule has 1 aromatic carbocycles. The van der Waals surface area contributed by atoms with Gasteiger partial charge in [-0.05, 0) is 24.3 Å². The third-order valence-electron chi connectivity index (χ3n) is 5.98. The molecule has 2 fully saturated rings. The van der Waals surface area contributed by atoms with Gasteiger partial charge >= 0.3 is 0 Å². The summed E-state index contributed by atoms with van der Waals surface area (Å²) in [5.74, 6) is 1.06. The molecule has 9 nitrogen and oxygen atoms in total. The SMILES string of the molecule is Cc1nc(-c2cccc(N3CC(CN4CCN(c5ccncc5)CC4)OC3C=O)c2)no1. The maximum atomic E-state index is 11.8.